The van der Waals surface area contributed by atoms with Gasteiger partial charge in [0.05, 0.1) is 6.10 Å². The number of nitrogens with two attached hydrogens (primary N) is 1. The topological polar surface area (TPSA) is 35.2 Å². The van der Waals surface area contributed by atoms with Crippen LogP contribution in [0.5, 0.6) is 0 Å². The Morgan fingerprint density at radius 2 is 1.92 bits per heavy atom. The first-order chi connectivity index (χ1) is 6.27. The normalized spacial score (nSPS) is 12.8. The van der Waals surface area contributed by atoms with Crippen molar-refractivity contribution in [2.75, 3.05) is 13.2 Å². The highest BCUT2D eigenvalue weighted by Crippen LogP contribution is 2.16. The maximum Gasteiger partial charge on any atom is 0.0946 e. The van der Waals surface area contributed by atoms with Gasteiger partial charge in [-0.05, 0) is 19.4 Å². The van der Waals surface area contributed by atoms with Gasteiger partial charge < -0.3 is 10.5 Å². The van der Waals surface area contributed by atoms with Crippen molar-refractivity contribution in [1.29, 1.82) is 0 Å². The van der Waals surface area contributed by atoms with E-state index in [2.05, 4.69) is 31.2 Å². The summed E-state index contributed by atoms with van der Waals surface area (Å²) in [7, 11) is 0. The third-order valence-corrected chi connectivity index (χ3v) is 2.03. The predicted molar refractivity (Wildman–Crippen MR) is 54.6 cm³/mol. The Morgan fingerprint density at radius 3 is 2.38 bits per heavy atom. The van der Waals surface area contributed by atoms with Crippen molar-refractivity contribution in [3.63, 3.8) is 0 Å². The van der Waals surface area contributed by atoms with E-state index in [1.165, 1.54) is 5.56 Å². The summed E-state index contributed by atoms with van der Waals surface area (Å²) in [5.41, 5.74) is 8.03. The van der Waals surface area contributed by atoms with Crippen LogP contribution in [0.15, 0.2) is 24.3 Å². The number of aryl methyl sites for hydroxylation is 1. The second-order valence-corrected chi connectivity index (χ2v) is 3.09. The molecular formula is C11H17NO. The van der Waals surface area contributed by atoms with Crippen LogP contribution >= 0.6 is 0 Å². The Bertz CT molecular complexity index is 243. The lowest BCUT2D eigenvalue weighted by Crippen LogP contribution is -2.15. The Morgan fingerprint density at radius 1 is 1.31 bits per heavy atom. The van der Waals surface area contributed by atoms with Gasteiger partial charge in [-0.25, -0.2) is 0 Å². The van der Waals surface area contributed by atoms with Gasteiger partial charge in [-0.3, -0.25) is 0 Å². The van der Waals surface area contributed by atoms with Crippen molar-refractivity contribution in [3.8, 4) is 0 Å². The summed E-state index contributed by atoms with van der Waals surface area (Å²) in [6.07, 6.45) is 0.0469. The minimum absolute atomic E-state index is 0.0469. The lowest BCUT2D eigenvalue weighted by atomic mass is 10.1. The number of ether oxygens (including phenoxy) is 1. The standard InChI is InChI=1S/C11H17NO/c1-3-13-11(8-12)10-6-4-9(2)5-7-10/h4-7,11H,3,8,12H2,1-2H3. The Balaban J connectivity index is 2.73. The molecule has 2 heteroatoms. The third kappa shape index (κ3) is 2.83. The molecule has 1 atom stereocenters. The fraction of sp³-hybridized carbons (Fsp3) is 0.455. The maximum atomic E-state index is 5.60. The highest BCUT2D eigenvalue weighted by atomic mass is 16.5. The van der Waals surface area contributed by atoms with Gasteiger partial charge in [0.1, 0.15) is 0 Å². The second kappa shape index (κ2) is 5.00. The molecule has 1 rings (SSSR count). The summed E-state index contributed by atoms with van der Waals surface area (Å²) in [5.74, 6) is 0. The fourth-order valence-electron chi connectivity index (χ4n) is 1.28. The van der Waals surface area contributed by atoms with Crippen LogP contribution in [0.3, 0.4) is 0 Å². The maximum absolute atomic E-state index is 5.60. The highest BCUT2D eigenvalue weighted by Gasteiger charge is 2.07. The molecule has 2 nitrogen and oxygen atoms in total. The quantitative estimate of drug-likeness (QED) is 0.767. The molecule has 13 heavy (non-hydrogen) atoms. The van der Waals surface area contributed by atoms with E-state index in [-0.39, 0.29) is 6.10 Å². The second-order valence-electron chi connectivity index (χ2n) is 3.09. The van der Waals surface area contributed by atoms with Gasteiger partial charge in [-0.1, -0.05) is 29.8 Å². The third-order valence-electron chi connectivity index (χ3n) is 2.03. The first-order valence-electron chi connectivity index (χ1n) is 4.66. The van der Waals surface area contributed by atoms with Crippen LogP contribution in [0.2, 0.25) is 0 Å². The van der Waals surface area contributed by atoms with Crippen LogP contribution in [0.1, 0.15) is 24.2 Å². The SMILES string of the molecule is CCOC(CN)c1ccc(C)cc1. The average molecular weight is 179 g/mol. The van der Waals surface area contributed by atoms with Gasteiger partial charge in [-0.15, -0.1) is 0 Å². The molecule has 0 aromatic heterocycles. The smallest absolute Gasteiger partial charge is 0.0946 e. The summed E-state index contributed by atoms with van der Waals surface area (Å²) in [4.78, 5) is 0. The molecule has 0 amide bonds. The number of hydrogen-bond acceptors (Lipinski definition) is 2. The molecule has 2 N–H and O–H groups in total. The van der Waals surface area contributed by atoms with E-state index in [4.69, 9.17) is 10.5 Å². The summed E-state index contributed by atoms with van der Waals surface area (Å²) in [6.45, 7) is 5.30. The molecule has 0 saturated carbocycles. The van der Waals surface area contributed by atoms with Crippen molar-refractivity contribution in [3.05, 3.63) is 35.4 Å². The molecule has 0 aliphatic rings. The molecule has 72 valence electrons. The largest absolute Gasteiger partial charge is 0.372 e. The van der Waals surface area contributed by atoms with Crippen LogP contribution in [-0.2, 0) is 4.74 Å². The van der Waals surface area contributed by atoms with E-state index in [9.17, 15) is 0 Å². The minimum atomic E-state index is 0.0469. The lowest BCUT2D eigenvalue weighted by molar-refractivity contribution is 0.0688. The van der Waals surface area contributed by atoms with E-state index in [1.807, 2.05) is 6.92 Å². The molecule has 0 heterocycles. The van der Waals surface area contributed by atoms with Crippen LogP contribution in [0.25, 0.3) is 0 Å². The summed E-state index contributed by atoms with van der Waals surface area (Å²) >= 11 is 0. The molecule has 0 aliphatic carbocycles. The summed E-state index contributed by atoms with van der Waals surface area (Å²) in [5, 5.41) is 0. The van der Waals surface area contributed by atoms with Crippen LogP contribution < -0.4 is 5.73 Å². The van der Waals surface area contributed by atoms with Crippen molar-refractivity contribution in [2.24, 2.45) is 5.73 Å². The number of rotatable bonds is 4. The molecule has 0 aliphatic heterocycles. The molecular weight excluding hydrogens is 162 g/mol. The zero-order valence-electron chi connectivity index (χ0n) is 8.29. The number of benzene rings is 1. The highest BCUT2D eigenvalue weighted by molar-refractivity contribution is 5.23. The lowest BCUT2D eigenvalue weighted by Gasteiger charge is -2.15. The van der Waals surface area contributed by atoms with Crippen molar-refractivity contribution in [2.45, 2.75) is 20.0 Å². The van der Waals surface area contributed by atoms with Gasteiger partial charge in [0.2, 0.25) is 0 Å². The molecule has 0 saturated heterocycles. The fourth-order valence-corrected chi connectivity index (χ4v) is 1.28. The minimum Gasteiger partial charge on any atom is -0.372 e. The Hall–Kier alpha value is -0.860. The van der Waals surface area contributed by atoms with E-state index in [1.54, 1.807) is 0 Å². The summed E-state index contributed by atoms with van der Waals surface area (Å²) in [6, 6.07) is 8.30. The molecule has 1 aromatic rings. The van der Waals surface area contributed by atoms with Gasteiger partial charge in [0.15, 0.2) is 0 Å². The molecule has 0 spiro atoms. The van der Waals surface area contributed by atoms with Gasteiger partial charge >= 0.3 is 0 Å². The molecule has 0 radical (unpaired) electrons. The monoisotopic (exact) mass is 179 g/mol. The molecule has 1 unspecified atom stereocenters. The van der Waals surface area contributed by atoms with Gasteiger partial charge in [0, 0.05) is 13.2 Å². The van der Waals surface area contributed by atoms with Gasteiger partial charge in [-0.2, -0.15) is 0 Å². The molecule has 1 aromatic carbocycles. The molecule has 0 fully saturated rings. The van der Waals surface area contributed by atoms with E-state index < -0.39 is 0 Å². The summed E-state index contributed by atoms with van der Waals surface area (Å²) < 4.78 is 5.49. The van der Waals surface area contributed by atoms with Crippen LogP contribution in [0, 0.1) is 6.92 Å². The van der Waals surface area contributed by atoms with E-state index in [0.29, 0.717) is 13.2 Å². The number of hydrogen-bond donors (Lipinski definition) is 1. The zero-order valence-corrected chi connectivity index (χ0v) is 8.29. The predicted octanol–water partition coefficient (Wildman–Crippen LogP) is 2.03. The van der Waals surface area contributed by atoms with Crippen LogP contribution in [0.4, 0.5) is 0 Å². The Labute approximate surface area is 79.7 Å². The van der Waals surface area contributed by atoms with Gasteiger partial charge in [0.25, 0.3) is 0 Å². The van der Waals surface area contributed by atoms with E-state index in [0.717, 1.165) is 5.56 Å². The Kier molecular flexibility index (Phi) is 3.93. The molecule has 0 bridgehead atoms. The van der Waals surface area contributed by atoms with Crippen LogP contribution in [-0.4, -0.2) is 13.2 Å². The van der Waals surface area contributed by atoms with Crippen molar-refractivity contribution >= 4 is 0 Å². The van der Waals surface area contributed by atoms with Crippen molar-refractivity contribution < 1.29 is 4.74 Å². The van der Waals surface area contributed by atoms with Crippen molar-refractivity contribution in [1.82, 2.24) is 0 Å². The average Bonchev–Trinajstić information content (AvgIpc) is 2.16. The van der Waals surface area contributed by atoms with E-state index >= 15 is 0 Å². The first kappa shape index (κ1) is 10.2. The first-order valence-corrected chi connectivity index (χ1v) is 4.66. The zero-order chi connectivity index (χ0) is 9.68.